The van der Waals surface area contributed by atoms with E-state index in [9.17, 15) is 31.6 Å². The number of hydrogen-bond donors (Lipinski definition) is 1. The minimum atomic E-state index is -5.56. The maximum absolute atomic E-state index is 13.1. The number of benzene rings is 2. The van der Waals surface area contributed by atoms with Crippen molar-refractivity contribution in [1.29, 1.82) is 0 Å². The van der Waals surface area contributed by atoms with Crippen LogP contribution in [0.3, 0.4) is 0 Å². The van der Waals surface area contributed by atoms with Crippen LogP contribution in [-0.2, 0) is 24.2 Å². The molecule has 6 rings (SSSR count). The standard InChI is InChI=1S/C41H56F5NO3S/c1-37-18-16-35-34-15-14-33(50-29-30-11-5-3-6-12-30)28-32(34)27-31(36(35)38(37)19-21-39(37,48)22-20-38)13-7-4-8-23-47(2)24-10-26-51(49)25-9-17-40(42,43)41(44,45)46/h3,5-6,11-12,14-15,28,31,35-36,48H,4,7-10,13,16-27,29H2,1-2H3/t31-,35-,36-,37+,38-,39+,51?/m1/s1. The van der Waals surface area contributed by atoms with Crippen molar-refractivity contribution in [2.75, 3.05) is 31.6 Å². The highest BCUT2D eigenvalue weighted by atomic mass is 32.2. The molecule has 4 aliphatic carbocycles. The Hall–Kier alpha value is -1.88. The molecule has 4 nitrogen and oxygen atoms in total. The van der Waals surface area contributed by atoms with Crippen LogP contribution in [0.2, 0.25) is 0 Å². The fourth-order valence-electron chi connectivity index (χ4n) is 10.9. The Labute approximate surface area is 304 Å². The Bertz CT molecular complexity index is 1450. The van der Waals surface area contributed by atoms with Crippen LogP contribution in [0.1, 0.15) is 113 Å². The monoisotopic (exact) mass is 737 g/mol. The quantitative estimate of drug-likeness (QED) is 0.0998. The molecule has 284 valence electrons. The topological polar surface area (TPSA) is 55.8 Å². The van der Waals surface area contributed by atoms with Crippen LogP contribution in [0.5, 0.6) is 5.75 Å². The molecule has 0 aliphatic heterocycles. The first-order valence-electron chi connectivity index (χ1n) is 19.2. The Balaban J connectivity index is 1.01. The van der Waals surface area contributed by atoms with E-state index in [1.54, 1.807) is 0 Å². The second kappa shape index (κ2) is 15.5. The van der Waals surface area contributed by atoms with Gasteiger partial charge in [0, 0.05) is 24.8 Å². The molecule has 0 saturated heterocycles. The van der Waals surface area contributed by atoms with E-state index in [-0.39, 0.29) is 16.6 Å². The van der Waals surface area contributed by atoms with Gasteiger partial charge in [-0.3, -0.25) is 0 Å². The van der Waals surface area contributed by atoms with Crippen LogP contribution < -0.4 is 4.74 Å². The number of alkyl halides is 5. The summed E-state index contributed by atoms with van der Waals surface area (Å²) >= 11 is -1.40. The summed E-state index contributed by atoms with van der Waals surface area (Å²) in [5, 5.41) is 11.8. The SMILES string of the molecule is CN(CCCCC[C@@H]1Cc2cc(OCc3ccccc3)ccc2[C@H]2CC[C@]3(C)[C@]4(O)CC[C@@]3(CC4)[C@H]12)CCC[S+]([O-])CCCC(F)(F)C(F)(F)F. The molecule has 0 spiro atoms. The maximum atomic E-state index is 13.1. The summed E-state index contributed by atoms with van der Waals surface area (Å²) in [5.41, 5.74) is 3.78. The van der Waals surface area contributed by atoms with Gasteiger partial charge in [0.2, 0.25) is 0 Å². The predicted molar refractivity (Wildman–Crippen MR) is 193 cm³/mol. The van der Waals surface area contributed by atoms with Crippen molar-refractivity contribution in [3.63, 3.8) is 0 Å². The molecule has 2 bridgehead atoms. The lowest BCUT2D eigenvalue weighted by atomic mass is 9.45. The molecule has 1 unspecified atom stereocenters. The zero-order chi connectivity index (χ0) is 36.5. The molecule has 51 heavy (non-hydrogen) atoms. The van der Waals surface area contributed by atoms with E-state index in [2.05, 4.69) is 42.2 Å². The van der Waals surface area contributed by atoms with Gasteiger partial charge in [0.25, 0.3) is 0 Å². The van der Waals surface area contributed by atoms with Crippen molar-refractivity contribution in [3.05, 3.63) is 65.2 Å². The van der Waals surface area contributed by atoms with E-state index in [0.29, 0.717) is 43.1 Å². The van der Waals surface area contributed by atoms with Gasteiger partial charge >= 0.3 is 12.1 Å². The van der Waals surface area contributed by atoms with Crippen LogP contribution >= 0.6 is 0 Å². The van der Waals surface area contributed by atoms with Crippen molar-refractivity contribution >= 4 is 11.2 Å². The molecule has 1 N–H and O–H groups in total. The molecule has 0 amide bonds. The zero-order valence-electron chi connectivity index (χ0n) is 30.3. The van der Waals surface area contributed by atoms with Gasteiger partial charge in [-0.15, -0.1) is 0 Å². The smallest absolute Gasteiger partial charge is 0.453 e. The summed E-state index contributed by atoms with van der Waals surface area (Å²) < 4.78 is 81.8. The molecular weight excluding hydrogens is 682 g/mol. The summed E-state index contributed by atoms with van der Waals surface area (Å²) in [6.07, 6.45) is 5.24. The molecule has 10 heteroatoms. The Morgan fingerprint density at radius 1 is 0.902 bits per heavy atom. The van der Waals surface area contributed by atoms with E-state index in [4.69, 9.17) is 4.74 Å². The normalized spacial score (nSPS) is 30.6. The third kappa shape index (κ3) is 7.86. The van der Waals surface area contributed by atoms with Crippen molar-refractivity contribution < 1.29 is 36.3 Å². The lowest BCUT2D eigenvalue weighted by Crippen LogP contribution is -2.54. The highest BCUT2D eigenvalue weighted by Crippen LogP contribution is 2.78. The molecule has 0 radical (unpaired) electrons. The number of nitrogens with zero attached hydrogens (tertiary/aromatic N) is 1. The van der Waals surface area contributed by atoms with Crippen LogP contribution in [-0.4, -0.2) is 63.9 Å². The van der Waals surface area contributed by atoms with Crippen LogP contribution in [0.15, 0.2) is 48.5 Å². The molecule has 2 aromatic carbocycles. The van der Waals surface area contributed by atoms with E-state index in [0.717, 1.165) is 82.1 Å². The highest BCUT2D eigenvalue weighted by molar-refractivity contribution is 7.91. The number of ether oxygens (including phenoxy) is 1. The summed E-state index contributed by atoms with van der Waals surface area (Å²) in [5.74, 6) is -1.95. The summed E-state index contributed by atoms with van der Waals surface area (Å²) in [4.78, 5) is 2.20. The molecule has 0 aromatic heterocycles. The number of aliphatic hydroxyl groups is 1. The van der Waals surface area contributed by atoms with E-state index >= 15 is 0 Å². The number of halogens is 5. The molecule has 3 saturated carbocycles. The predicted octanol–water partition coefficient (Wildman–Crippen LogP) is 9.85. The van der Waals surface area contributed by atoms with Gasteiger partial charge in [-0.05, 0) is 130 Å². The largest absolute Gasteiger partial charge is 0.616 e. The van der Waals surface area contributed by atoms with Gasteiger partial charge < -0.3 is 19.3 Å². The van der Waals surface area contributed by atoms with E-state index < -0.39 is 41.7 Å². The van der Waals surface area contributed by atoms with Gasteiger partial charge in [0.15, 0.2) is 0 Å². The van der Waals surface area contributed by atoms with Crippen molar-refractivity contribution in [2.45, 2.75) is 127 Å². The Kier molecular flexibility index (Phi) is 11.8. The second-order valence-corrected chi connectivity index (χ2v) is 18.1. The first-order valence-corrected chi connectivity index (χ1v) is 20.7. The zero-order valence-corrected chi connectivity index (χ0v) is 31.1. The van der Waals surface area contributed by atoms with Gasteiger partial charge in [0.1, 0.15) is 23.9 Å². The number of rotatable bonds is 17. The molecular formula is C41H56F5NO3S. The first-order chi connectivity index (χ1) is 24.2. The van der Waals surface area contributed by atoms with E-state index in [1.807, 2.05) is 25.2 Å². The van der Waals surface area contributed by atoms with Gasteiger partial charge in [-0.2, -0.15) is 22.0 Å². The minimum Gasteiger partial charge on any atom is -0.616 e. The fourth-order valence-corrected chi connectivity index (χ4v) is 12.0. The minimum absolute atomic E-state index is 0.00379. The molecule has 4 aliphatic rings. The fraction of sp³-hybridized carbons (Fsp3) is 0.707. The summed E-state index contributed by atoms with van der Waals surface area (Å²) in [6.45, 7) is 4.58. The Morgan fingerprint density at radius 2 is 1.61 bits per heavy atom. The number of unbranched alkanes of at least 4 members (excludes halogenated alkanes) is 2. The third-order valence-corrected chi connectivity index (χ3v) is 15.2. The molecule has 3 fully saturated rings. The number of hydrogen-bond acceptors (Lipinski definition) is 4. The average molecular weight is 738 g/mol. The van der Waals surface area contributed by atoms with Gasteiger partial charge in [-0.1, -0.05) is 67.3 Å². The first kappa shape index (κ1) is 38.8. The lowest BCUT2D eigenvalue weighted by Gasteiger charge is -2.59. The van der Waals surface area contributed by atoms with Crippen LogP contribution in [0.25, 0.3) is 0 Å². The highest BCUT2D eigenvalue weighted by Gasteiger charge is 2.74. The molecule has 5 atom stereocenters. The van der Waals surface area contributed by atoms with Gasteiger partial charge in [-0.25, -0.2) is 0 Å². The second-order valence-electron chi connectivity index (χ2n) is 16.4. The average Bonchev–Trinajstić information content (AvgIpc) is 3.46. The maximum Gasteiger partial charge on any atom is 0.453 e. The van der Waals surface area contributed by atoms with Crippen molar-refractivity contribution in [3.8, 4) is 5.75 Å². The molecule has 2 aromatic rings. The summed E-state index contributed by atoms with van der Waals surface area (Å²) in [7, 11) is 2.02. The lowest BCUT2D eigenvalue weighted by molar-refractivity contribution is -0.284. The third-order valence-electron chi connectivity index (χ3n) is 13.7. The van der Waals surface area contributed by atoms with Crippen LogP contribution in [0.4, 0.5) is 22.0 Å². The van der Waals surface area contributed by atoms with Crippen molar-refractivity contribution in [2.24, 2.45) is 22.7 Å². The van der Waals surface area contributed by atoms with E-state index in [1.165, 1.54) is 17.5 Å². The number of fused-ring (bicyclic) bond motifs is 3. The molecule has 0 heterocycles. The van der Waals surface area contributed by atoms with Crippen molar-refractivity contribution in [1.82, 2.24) is 4.90 Å². The summed E-state index contributed by atoms with van der Waals surface area (Å²) in [6, 6.07) is 17.1. The Morgan fingerprint density at radius 3 is 2.33 bits per heavy atom. The van der Waals surface area contributed by atoms with Gasteiger partial charge in [0.05, 0.1) is 5.60 Å². The van der Waals surface area contributed by atoms with Crippen LogP contribution in [0, 0.1) is 22.7 Å².